The van der Waals surface area contributed by atoms with Crippen LogP contribution in [0, 0.1) is 11.8 Å². The van der Waals surface area contributed by atoms with Gasteiger partial charge in [0.25, 0.3) is 0 Å². The van der Waals surface area contributed by atoms with Crippen molar-refractivity contribution in [2.24, 2.45) is 11.8 Å². The lowest BCUT2D eigenvalue weighted by Crippen LogP contribution is -2.51. The minimum absolute atomic E-state index is 0.000107. The summed E-state index contributed by atoms with van der Waals surface area (Å²) in [7, 11) is 0. The molecule has 2 rings (SSSR count). The van der Waals surface area contributed by atoms with Gasteiger partial charge in [0.05, 0.1) is 30.0 Å². The van der Waals surface area contributed by atoms with Crippen molar-refractivity contribution in [2.45, 2.75) is 142 Å². The number of nitrogens with zero attached hydrogens (tertiary/aromatic N) is 2. The number of allylic oxidation sites excluding steroid dienone is 4. The molecule has 0 aliphatic carbocycles. The normalized spacial score (nSPS) is 25.2. The summed E-state index contributed by atoms with van der Waals surface area (Å²) in [6.07, 6.45) is 9.90. The van der Waals surface area contributed by atoms with Crippen molar-refractivity contribution in [3.05, 3.63) is 36.0 Å². The highest BCUT2D eigenvalue weighted by atomic mass is 16.6. The SMILES string of the molecule is CCCCN1CCN(C(=O)OC(C=CC(C)C(=O)C(C)=CC=CC(C)(O)CC2OC2C(C)C(O)CC)C(C)(O)CCC(O)CC)CC1. The van der Waals surface area contributed by atoms with E-state index in [9.17, 15) is 30.0 Å². The number of amides is 1. The summed E-state index contributed by atoms with van der Waals surface area (Å²) < 4.78 is 11.6. The van der Waals surface area contributed by atoms with Gasteiger partial charge in [0.1, 0.15) is 5.60 Å². The second kappa shape index (κ2) is 19.2. The highest BCUT2D eigenvalue weighted by Gasteiger charge is 2.47. The topological polar surface area (TPSA) is 143 Å². The van der Waals surface area contributed by atoms with Gasteiger partial charge in [-0.2, -0.15) is 0 Å². The third kappa shape index (κ3) is 13.8. The Morgan fingerprint density at radius 1 is 1.02 bits per heavy atom. The van der Waals surface area contributed by atoms with E-state index in [-0.39, 0.29) is 30.3 Å². The molecule has 2 saturated heterocycles. The number of rotatable bonds is 20. The van der Waals surface area contributed by atoms with E-state index >= 15 is 0 Å². The molecule has 2 fully saturated rings. The van der Waals surface area contributed by atoms with Gasteiger partial charge in [-0.15, -0.1) is 0 Å². The number of ketones is 1. The molecule has 0 aromatic heterocycles. The average Bonchev–Trinajstić information content (AvgIpc) is 3.80. The van der Waals surface area contributed by atoms with Gasteiger partial charge in [0.2, 0.25) is 0 Å². The number of carbonyl (C=O) groups is 2. The fourth-order valence-electron chi connectivity index (χ4n) is 5.94. The fourth-order valence-corrected chi connectivity index (χ4v) is 5.94. The Labute approximate surface area is 283 Å². The molecule has 2 aliphatic heterocycles. The molecule has 0 aromatic carbocycles. The largest absolute Gasteiger partial charge is 0.439 e. The molecule has 0 bridgehead atoms. The first kappa shape index (κ1) is 41.1. The maximum absolute atomic E-state index is 13.2. The van der Waals surface area contributed by atoms with E-state index < -0.39 is 41.5 Å². The second-order valence-corrected chi connectivity index (χ2v) is 14.2. The smallest absolute Gasteiger partial charge is 0.410 e. The van der Waals surface area contributed by atoms with Gasteiger partial charge in [0.15, 0.2) is 11.9 Å². The summed E-state index contributed by atoms with van der Waals surface area (Å²) in [5.41, 5.74) is -2.11. The predicted molar refractivity (Wildman–Crippen MR) is 185 cm³/mol. The van der Waals surface area contributed by atoms with Crippen molar-refractivity contribution in [3.63, 3.8) is 0 Å². The second-order valence-electron chi connectivity index (χ2n) is 14.2. The maximum Gasteiger partial charge on any atom is 0.410 e. The van der Waals surface area contributed by atoms with Gasteiger partial charge in [0, 0.05) is 44.4 Å². The Morgan fingerprint density at radius 3 is 2.28 bits per heavy atom. The van der Waals surface area contributed by atoms with Crippen LogP contribution in [0.4, 0.5) is 4.79 Å². The van der Waals surface area contributed by atoms with Gasteiger partial charge in [-0.3, -0.25) is 9.69 Å². The van der Waals surface area contributed by atoms with E-state index in [1.54, 1.807) is 63.0 Å². The lowest BCUT2D eigenvalue weighted by Gasteiger charge is -2.37. The molecule has 0 saturated carbocycles. The molecule has 270 valence electrons. The standard InChI is InChI=1S/C37H64N2O8/c1-9-12-20-38-21-23-39(24-22-38)35(43)47-32(37(8,45)19-17-29(40)10-2)16-15-27(5)33(42)26(4)14-13-18-36(7,44)25-31-34(46-31)28(6)30(41)11-3/h13-16,18,27-32,34,40-41,44-45H,9-12,17,19-25H2,1-8H3. The van der Waals surface area contributed by atoms with Crippen LogP contribution in [0.15, 0.2) is 36.0 Å². The highest BCUT2D eigenvalue weighted by Crippen LogP contribution is 2.37. The zero-order chi connectivity index (χ0) is 35.4. The molecule has 0 spiro atoms. The summed E-state index contributed by atoms with van der Waals surface area (Å²) in [5, 5.41) is 42.5. The Hall–Kier alpha value is -2.08. The Morgan fingerprint density at radius 2 is 1.68 bits per heavy atom. The van der Waals surface area contributed by atoms with E-state index in [2.05, 4.69) is 11.8 Å². The lowest BCUT2D eigenvalue weighted by atomic mass is 9.89. The molecule has 1 amide bonds. The van der Waals surface area contributed by atoms with Crippen molar-refractivity contribution in [2.75, 3.05) is 32.7 Å². The van der Waals surface area contributed by atoms with Crippen molar-refractivity contribution in [3.8, 4) is 0 Å². The van der Waals surface area contributed by atoms with Crippen LogP contribution in [0.3, 0.4) is 0 Å². The van der Waals surface area contributed by atoms with E-state index in [0.717, 1.165) is 32.5 Å². The average molecular weight is 665 g/mol. The van der Waals surface area contributed by atoms with E-state index in [1.165, 1.54) is 0 Å². The van der Waals surface area contributed by atoms with Crippen LogP contribution in [0.2, 0.25) is 0 Å². The number of piperazine rings is 1. The zero-order valence-corrected chi connectivity index (χ0v) is 30.2. The van der Waals surface area contributed by atoms with Crippen LogP contribution < -0.4 is 0 Å². The molecule has 10 nitrogen and oxygen atoms in total. The van der Waals surface area contributed by atoms with E-state index in [1.807, 2.05) is 20.8 Å². The van der Waals surface area contributed by atoms with Crippen molar-refractivity contribution < 1.29 is 39.5 Å². The highest BCUT2D eigenvalue weighted by molar-refractivity contribution is 5.97. The first-order chi connectivity index (χ1) is 22.0. The molecule has 47 heavy (non-hydrogen) atoms. The quantitative estimate of drug-likeness (QED) is 0.0625. The molecule has 2 aliphatic rings. The molecule has 9 atom stereocenters. The number of aliphatic hydroxyl groups excluding tert-OH is 2. The third-order valence-corrected chi connectivity index (χ3v) is 9.71. The molecule has 9 unspecified atom stereocenters. The van der Waals surface area contributed by atoms with Crippen LogP contribution in [-0.4, -0.2) is 117 Å². The summed E-state index contributed by atoms with van der Waals surface area (Å²) in [5.74, 6) is -0.708. The van der Waals surface area contributed by atoms with Crippen LogP contribution in [0.5, 0.6) is 0 Å². The van der Waals surface area contributed by atoms with Gasteiger partial charge in [-0.25, -0.2) is 4.79 Å². The molecular weight excluding hydrogens is 600 g/mol. The Kier molecular flexibility index (Phi) is 16.8. The Balaban J connectivity index is 2.05. The number of aliphatic hydroxyl groups is 4. The van der Waals surface area contributed by atoms with E-state index in [0.29, 0.717) is 44.3 Å². The monoisotopic (exact) mass is 664 g/mol. The minimum Gasteiger partial charge on any atom is -0.439 e. The number of epoxide rings is 1. The van der Waals surface area contributed by atoms with Gasteiger partial charge >= 0.3 is 6.09 Å². The maximum atomic E-state index is 13.2. The van der Waals surface area contributed by atoms with Crippen LogP contribution >= 0.6 is 0 Å². The molecule has 0 aromatic rings. The Bertz CT molecular complexity index is 1060. The summed E-state index contributed by atoms with van der Waals surface area (Å²) >= 11 is 0. The first-order valence-corrected chi connectivity index (χ1v) is 17.8. The number of hydrogen-bond donors (Lipinski definition) is 4. The molecule has 2 heterocycles. The van der Waals surface area contributed by atoms with E-state index in [4.69, 9.17) is 9.47 Å². The minimum atomic E-state index is -1.45. The fraction of sp³-hybridized carbons (Fsp3) is 0.784. The van der Waals surface area contributed by atoms with Crippen LogP contribution in [0.25, 0.3) is 0 Å². The molecule has 0 radical (unpaired) electrons. The molecule has 10 heteroatoms. The first-order valence-electron chi connectivity index (χ1n) is 17.8. The number of hydrogen-bond acceptors (Lipinski definition) is 9. The van der Waals surface area contributed by atoms with Gasteiger partial charge < -0.3 is 34.8 Å². The number of unbranched alkanes of at least 4 members (excludes halogenated alkanes) is 1. The summed E-state index contributed by atoms with van der Waals surface area (Å²) in [6.45, 7) is 18.3. The van der Waals surface area contributed by atoms with Gasteiger partial charge in [-0.05, 0) is 71.1 Å². The number of ether oxygens (including phenoxy) is 2. The predicted octanol–water partition coefficient (Wildman–Crippen LogP) is 4.79. The molecular formula is C37H64N2O8. The number of carbonyl (C=O) groups excluding carboxylic acids is 2. The van der Waals surface area contributed by atoms with Crippen molar-refractivity contribution in [1.82, 2.24) is 9.80 Å². The van der Waals surface area contributed by atoms with Gasteiger partial charge in [-0.1, -0.05) is 65.3 Å². The number of Topliss-reactive ketones (excluding diaryl/α,β-unsaturated/α-hetero) is 1. The van der Waals surface area contributed by atoms with Crippen LogP contribution in [-0.2, 0) is 14.3 Å². The third-order valence-electron chi connectivity index (χ3n) is 9.71. The zero-order valence-electron chi connectivity index (χ0n) is 30.2. The molecule has 4 N–H and O–H groups in total. The lowest BCUT2D eigenvalue weighted by molar-refractivity contribution is -0.117. The summed E-state index contributed by atoms with van der Waals surface area (Å²) in [6, 6.07) is 0. The van der Waals surface area contributed by atoms with Crippen molar-refractivity contribution in [1.29, 1.82) is 0 Å². The van der Waals surface area contributed by atoms with Crippen molar-refractivity contribution >= 4 is 11.9 Å². The summed E-state index contributed by atoms with van der Waals surface area (Å²) in [4.78, 5) is 30.4. The van der Waals surface area contributed by atoms with Crippen LogP contribution in [0.1, 0.15) is 100 Å².